The summed E-state index contributed by atoms with van der Waals surface area (Å²) in [6.45, 7) is 0.834. The molecule has 5 nitrogen and oxygen atoms in total. The molecule has 0 unspecified atom stereocenters. The monoisotopic (exact) mass is 197 g/mol. The molecule has 0 aliphatic rings. The van der Waals surface area contributed by atoms with Crippen LogP contribution in [-0.4, -0.2) is 21.3 Å². The van der Waals surface area contributed by atoms with E-state index in [0.29, 0.717) is 6.54 Å². The van der Waals surface area contributed by atoms with Gasteiger partial charge in [-0.2, -0.15) is 4.98 Å². The minimum absolute atomic E-state index is 0.203. The van der Waals surface area contributed by atoms with Gasteiger partial charge in [0, 0.05) is 19.3 Å². The summed E-state index contributed by atoms with van der Waals surface area (Å²) in [5, 5.41) is 8.56. The number of aryl methyl sites for hydroxylation is 1. The average molecular weight is 197 g/mol. The smallest absolute Gasteiger partial charge is 0.349 e. The Hall–Kier alpha value is -1.36. The number of unbranched alkanes of at least 4 members (excludes halogenated alkanes) is 2. The molecule has 14 heavy (non-hydrogen) atoms. The third-order valence-corrected chi connectivity index (χ3v) is 1.95. The molecule has 0 saturated heterocycles. The molecule has 1 rings (SSSR count). The maximum atomic E-state index is 11.2. The van der Waals surface area contributed by atoms with E-state index < -0.39 is 0 Å². The molecule has 0 radical (unpaired) electrons. The van der Waals surface area contributed by atoms with Gasteiger partial charge in [-0.15, -0.1) is 0 Å². The highest BCUT2D eigenvalue weighted by Gasteiger charge is 1.96. The molecule has 1 aromatic heterocycles. The molecule has 5 heteroatoms. The van der Waals surface area contributed by atoms with Crippen molar-refractivity contribution in [2.45, 2.75) is 25.8 Å². The van der Waals surface area contributed by atoms with Crippen LogP contribution in [0.1, 0.15) is 19.3 Å². The summed E-state index contributed by atoms with van der Waals surface area (Å²) in [7, 11) is 0. The van der Waals surface area contributed by atoms with Crippen LogP contribution in [0.25, 0.3) is 0 Å². The number of hydrogen-bond acceptors (Lipinski definition) is 4. The molecule has 0 bridgehead atoms. The van der Waals surface area contributed by atoms with Crippen LogP contribution in [0.5, 0.6) is 0 Å². The predicted octanol–water partition coefficient (Wildman–Crippen LogP) is -0.0119. The zero-order valence-corrected chi connectivity index (χ0v) is 8.02. The molecule has 0 saturated carbocycles. The number of rotatable bonds is 5. The Balaban J connectivity index is 2.47. The second kappa shape index (κ2) is 5.39. The number of nitrogens with two attached hydrogens (primary N) is 1. The molecule has 1 aromatic rings. The highest BCUT2D eigenvalue weighted by Crippen LogP contribution is 1.97. The second-order valence-electron chi connectivity index (χ2n) is 3.11. The van der Waals surface area contributed by atoms with E-state index in [2.05, 4.69) is 4.98 Å². The third-order valence-electron chi connectivity index (χ3n) is 1.95. The fourth-order valence-corrected chi connectivity index (χ4v) is 1.18. The lowest BCUT2D eigenvalue weighted by molar-refractivity contribution is 0.281. The summed E-state index contributed by atoms with van der Waals surface area (Å²) in [5.74, 6) is 0.251. The lowest BCUT2D eigenvalue weighted by Crippen LogP contribution is -2.23. The predicted molar refractivity (Wildman–Crippen MR) is 53.8 cm³/mol. The van der Waals surface area contributed by atoms with Crippen LogP contribution in [0.2, 0.25) is 0 Å². The Morgan fingerprint density at radius 2 is 2.21 bits per heavy atom. The van der Waals surface area contributed by atoms with Gasteiger partial charge in [-0.05, 0) is 25.3 Å². The molecular formula is C9H15N3O2. The summed E-state index contributed by atoms with van der Waals surface area (Å²) in [4.78, 5) is 14.8. The van der Waals surface area contributed by atoms with Gasteiger partial charge >= 0.3 is 5.69 Å². The van der Waals surface area contributed by atoms with Crippen molar-refractivity contribution in [2.75, 3.05) is 12.3 Å². The maximum absolute atomic E-state index is 11.2. The fourth-order valence-electron chi connectivity index (χ4n) is 1.18. The maximum Gasteiger partial charge on any atom is 0.349 e. The Kier molecular flexibility index (Phi) is 4.12. The minimum atomic E-state index is -0.311. The number of aliphatic hydroxyl groups is 1. The standard InChI is InChI=1S/C9H15N3O2/c10-8-4-6-12(9(14)11-8)5-2-1-3-7-13/h4,6,13H,1-3,5,7H2,(H2,10,11,14). The number of hydrogen-bond donors (Lipinski definition) is 2. The molecule has 0 aliphatic carbocycles. The topological polar surface area (TPSA) is 81.1 Å². The lowest BCUT2D eigenvalue weighted by Gasteiger charge is -2.03. The van der Waals surface area contributed by atoms with Crippen molar-refractivity contribution in [3.63, 3.8) is 0 Å². The van der Waals surface area contributed by atoms with Crippen LogP contribution in [-0.2, 0) is 6.54 Å². The van der Waals surface area contributed by atoms with Crippen molar-refractivity contribution in [3.8, 4) is 0 Å². The first-order chi connectivity index (χ1) is 6.74. The van der Waals surface area contributed by atoms with Gasteiger partial charge in [-0.3, -0.25) is 4.57 Å². The SMILES string of the molecule is Nc1ccn(CCCCCO)c(=O)n1. The Morgan fingerprint density at radius 1 is 1.43 bits per heavy atom. The van der Waals surface area contributed by atoms with Crippen molar-refractivity contribution in [3.05, 3.63) is 22.7 Å². The molecule has 0 atom stereocenters. The summed E-state index contributed by atoms with van der Waals surface area (Å²) in [6, 6.07) is 1.60. The number of nitrogens with zero attached hydrogens (tertiary/aromatic N) is 2. The number of aliphatic hydroxyl groups excluding tert-OH is 1. The van der Waals surface area contributed by atoms with E-state index in [9.17, 15) is 4.79 Å². The van der Waals surface area contributed by atoms with Crippen molar-refractivity contribution in [1.29, 1.82) is 0 Å². The van der Waals surface area contributed by atoms with Gasteiger partial charge in [0.05, 0.1) is 0 Å². The van der Waals surface area contributed by atoms with E-state index in [4.69, 9.17) is 10.8 Å². The van der Waals surface area contributed by atoms with Crippen LogP contribution in [0.4, 0.5) is 5.82 Å². The molecule has 1 heterocycles. The fraction of sp³-hybridized carbons (Fsp3) is 0.556. The molecule has 0 fully saturated rings. The van der Waals surface area contributed by atoms with Gasteiger partial charge in [-0.25, -0.2) is 4.79 Å². The van der Waals surface area contributed by atoms with Gasteiger partial charge < -0.3 is 10.8 Å². The van der Waals surface area contributed by atoms with Crippen LogP contribution in [0.3, 0.4) is 0 Å². The van der Waals surface area contributed by atoms with Gasteiger partial charge in [0.15, 0.2) is 0 Å². The number of aromatic nitrogens is 2. The highest BCUT2D eigenvalue weighted by molar-refractivity contribution is 5.23. The van der Waals surface area contributed by atoms with Crippen molar-refractivity contribution in [1.82, 2.24) is 9.55 Å². The largest absolute Gasteiger partial charge is 0.396 e. The number of nitrogen functional groups attached to an aromatic ring is 1. The zero-order chi connectivity index (χ0) is 10.4. The Bertz CT molecular complexity index is 335. The first-order valence-electron chi connectivity index (χ1n) is 4.68. The Labute approximate surface area is 82.2 Å². The summed E-state index contributed by atoms with van der Waals surface area (Å²) < 4.78 is 1.52. The van der Waals surface area contributed by atoms with E-state index in [1.54, 1.807) is 12.3 Å². The van der Waals surface area contributed by atoms with Crippen LogP contribution >= 0.6 is 0 Å². The summed E-state index contributed by atoms with van der Waals surface area (Å²) >= 11 is 0. The summed E-state index contributed by atoms with van der Waals surface area (Å²) in [6.07, 6.45) is 4.19. The minimum Gasteiger partial charge on any atom is -0.396 e. The van der Waals surface area contributed by atoms with Gasteiger partial charge in [0.25, 0.3) is 0 Å². The zero-order valence-electron chi connectivity index (χ0n) is 8.02. The number of anilines is 1. The molecule has 0 aliphatic heterocycles. The first kappa shape index (κ1) is 10.7. The van der Waals surface area contributed by atoms with Crippen molar-refractivity contribution < 1.29 is 5.11 Å². The van der Waals surface area contributed by atoms with Crippen molar-refractivity contribution >= 4 is 5.82 Å². The highest BCUT2D eigenvalue weighted by atomic mass is 16.2. The lowest BCUT2D eigenvalue weighted by atomic mass is 10.2. The molecule has 0 amide bonds. The van der Waals surface area contributed by atoms with Crippen molar-refractivity contribution in [2.24, 2.45) is 0 Å². The second-order valence-corrected chi connectivity index (χ2v) is 3.11. The molecule has 3 N–H and O–H groups in total. The normalized spacial score (nSPS) is 10.4. The molecule has 0 aromatic carbocycles. The van der Waals surface area contributed by atoms with Crippen LogP contribution in [0, 0.1) is 0 Å². The molecule has 0 spiro atoms. The van der Waals surface area contributed by atoms with Gasteiger partial charge in [-0.1, -0.05) is 0 Å². The van der Waals surface area contributed by atoms with E-state index in [-0.39, 0.29) is 18.1 Å². The van der Waals surface area contributed by atoms with E-state index in [0.717, 1.165) is 19.3 Å². The molecular weight excluding hydrogens is 182 g/mol. The first-order valence-corrected chi connectivity index (χ1v) is 4.68. The van der Waals surface area contributed by atoms with Crippen LogP contribution < -0.4 is 11.4 Å². The van der Waals surface area contributed by atoms with Gasteiger partial charge in [0.1, 0.15) is 5.82 Å². The van der Waals surface area contributed by atoms with E-state index >= 15 is 0 Å². The molecule has 78 valence electrons. The summed E-state index contributed by atoms with van der Waals surface area (Å²) in [5.41, 5.74) is 5.04. The average Bonchev–Trinajstić information content (AvgIpc) is 2.15. The Morgan fingerprint density at radius 3 is 2.86 bits per heavy atom. The van der Waals surface area contributed by atoms with E-state index in [1.807, 2.05) is 0 Å². The van der Waals surface area contributed by atoms with Gasteiger partial charge in [0.2, 0.25) is 0 Å². The van der Waals surface area contributed by atoms with E-state index in [1.165, 1.54) is 4.57 Å². The third kappa shape index (κ3) is 3.18. The quantitative estimate of drug-likeness (QED) is 0.650. The van der Waals surface area contributed by atoms with Crippen LogP contribution in [0.15, 0.2) is 17.1 Å².